The van der Waals surface area contributed by atoms with Crippen molar-refractivity contribution in [1.29, 1.82) is 0 Å². The highest BCUT2D eigenvalue weighted by atomic mass is 32.1. The van der Waals surface area contributed by atoms with Crippen molar-refractivity contribution < 1.29 is 23.0 Å². The first kappa shape index (κ1) is 21.0. The number of hydrogen-bond donors (Lipinski definition) is 1. The van der Waals surface area contributed by atoms with Gasteiger partial charge in [0.25, 0.3) is 5.91 Å². The third-order valence-corrected chi connectivity index (χ3v) is 5.57. The number of ether oxygens (including phenoxy) is 2. The third kappa shape index (κ3) is 5.49. The second-order valence-corrected chi connectivity index (χ2v) is 7.76. The van der Waals surface area contributed by atoms with Gasteiger partial charge in [-0.2, -0.15) is 8.78 Å². The number of carbonyl (C=O) groups is 1. The first-order valence-corrected chi connectivity index (χ1v) is 10.7. The number of benzene rings is 2. The minimum atomic E-state index is -2.88. The number of rotatable bonds is 8. The summed E-state index contributed by atoms with van der Waals surface area (Å²) in [5, 5.41) is 4.93. The van der Waals surface area contributed by atoms with Gasteiger partial charge in [-0.1, -0.05) is 12.1 Å². The van der Waals surface area contributed by atoms with E-state index in [0.29, 0.717) is 43.1 Å². The largest absolute Gasteiger partial charge is 0.487 e. The SMILES string of the molecule is O=C(NC1CCN(c2ccccc2OC(F)F)C1)c1ccc(OCc2cscn2)cc1. The molecule has 4 rings (SSSR count). The average Bonchev–Trinajstić information content (AvgIpc) is 3.45. The Labute approximate surface area is 182 Å². The van der Waals surface area contributed by atoms with Crippen molar-refractivity contribution in [3.05, 3.63) is 70.7 Å². The second kappa shape index (κ2) is 9.74. The highest BCUT2D eigenvalue weighted by molar-refractivity contribution is 7.07. The van der Waals surface area contributed by atoms with E-state index < -0.39 is 6.61 Å². The van der Waals surface area contributed by atoms with E-state index in [-0.39, 0.29) is 17.7 Å². The fourth-order valence-corrected chi connectivity index (χ4v) is 3.99. The first-order chi connectivity index (χ1) is 15.1. The van der Waals surface area contributed by atoms with E-state index in [9.17, 15) is 13.6 Å². The summed E-state index contributed by atoms with van der Waals surface area (Å²) in [4.78, 5) is 18.7. The maximum atomic E-state index is 12.7. The third-order valence-electron chi connectivity index (χ3n) is 4.93. The quantitative estimate of drug-likeness (QED) is 0.559. The van der Waals surface area contributed by atoms with Crippen LogP contribution in [0, 0.1) is 0 Å². The average molecular weight is 445 g/mol. The number of para-hydroxylation sites is 2. The molecule has 0 aliphatic carbocycles. The maximum absolute atomic E-state index is 12.7. The van der Waals surface area contributed by atoms with Gasteiger partial charge in [-0.15, -0.1) is 11.3 Å². The molecule has 1 aliphatic heterocycles. The molecular weight excluding hydrogens is 424 g/mol. The lowest BCUT2D eigenvalue weighted by atomic mass is 10.2. The summed E-state index contributed by atoms with van der Waals surface area (Å²) in [6.45, 7) is -1.35. The molecule has 0 bridgehead atoms. The highest BCUT2D eigenvalue weighted by Crippen LogP contribution is 2.31. The Balaban J connectivity index is 1.31. The lowest BCUT2D eigenvalue weighted by Crippen LogP contribution is -2.37. The Bertz CT molecular complexity index is 1000. The lowest BCUT2D eigenvalue weighted by Gasteiger charge is -2.22. The van der Waals surface area contributed by atoms with Gasteiger partial charge < -0.3 is 19.7 Å². The van der Waals surface area contributed by atoms with Crippen LogP contribution in [0.3, 0.4) is 0 Å². The van der Waals surface area contributed by atoms with Crippen molar-refractivity contribution in [2.24, 2.45) is 0 Å². The lowest BCUT2D eigenvalue weighted by molar-refractivity contribution is -0.0495. The number of carbonyl (C=O) groups excluding carboxylic acids is 1. The van der Waals surface area contributed by atoms with Gasteiger partial charge in [0.05, 0.1) is 16.9 Å². The van der Waals surface area contributed by atoms with Gasteiger partial charge in [0.2, 0.25) is 0 Å². The standard InChI is InChI=1S/C22H21F2N3O3S/c23-22(24)30-20-4-2-1-3-19(20)27-10-9-16(11-27)26-21(28)15-5-7-18(8-6-15)29-12-17-13-31-14-25-17/h1-8,13-14,16,22H,9-12H2,(H,26,28). The maximum Gasteiger partial charge on any atom is 0.387 e. The molecule has 162 valence electrons. The molecule has 1 aromatic heterocycles. The van der Waals surface area contributed by atoms with Crippen LogP contribution in [0.4, 0.5) is 14.5 Å². The zero-order valence-corrected chi connectivity index (χ0v) is 17.4. The highest BCUT2D eigenvalue weighted by Gasteiger charge is 2.26. The van der Waals surface area contributed by atoms with Crippen LogP contribution in [0.25, 0.3) is 0 Å². The Hall–Kier alpha value is -3.20. The van der Waals surface area contributed by atoms with Crippen molar-refractivity contribution in [2.75, 3.05) is 18.0 Å². The molecule has 0 saturated carbocycles. The van der Waals surface area contributed by atoms with E-state index in [0.717, 1.165) is 5.69 Å². The Morgan fingerprint density at radius 3 is 2.77 bits per heavy atom. The molecule has 1 aliphatic rings. The first-order valence-electron chi connectivity index (χ1n) is 9.78. The van der Waals surface area contributed by atoms with Crippen LogP contribution < -0.4 is 19.7 Å². The summed E-state index contributed by atoms with van der Waals surface area (Å²) in [6.07, 6.45) is 0.712. The summed E-state index contributed by atoms with van der Waals surface area (Å²) >= 11 is 1.51. The Morgan fingerprint density at radius 1 is 1.23 bits per heavy atom. The number of aromatic nitrogens is 1. The van der Waals surface area contributed by atoms with Gasteiger partial charge in [0.15, 0.2) is 0 Å². The van der Waals surface area contributed by atoms with Crippen LogP contribution in [0.2, 0.25) is 0 Å². The van der Waals surface area contributed by atoms with E-state index in [1.165, 1.54) is 17.4 Å². The minimum Gasteiger partial charge on any atom is -0.487 e. The van der Waals surface area contributed by atoms with Crippen molar-refractivity contribution >= 4 is 22.9 Å². The molecule has 2 heterocycles. The predicted molar refractivity (Wildman–Crippen MR) is 114 cm³/mol. The molecule has 1 unspecified atom stereocenters. The summed E-state index contributed by atoms with van der Waals surface area (Å²) in [6, 6.07) is 13.5. The molecule has 1 atom stereocenters. The van der Waals surface area contributed by atoms with E-state index in [2.05, 4.69) is 15.0 Å². The van der Waals surface area contributed by atoms with Gasteiger partial charge in [0, 0.05) is 30.1 Å². The number of alkyl halides is 2. The molecule has 1 saturated heterocycles. The molecule has 0 radical (unpaired) electrons. The van der Waals surface area contributed by atoms with Gasteiger partial charge in [-0.05, 0) is 42.8 Å². The Morgan fingerprint density at radius 2 is 2.03 bits per heavy atom. The van der Waals surface area contributed by atoms with Crippen molar-refractivity contribution in [3.8, 4) is 11.5 Å². The second-order valence-electron chi connectivity index (χ2n) is 7.04. The number of halogens is 2. The molecule has 1 amide bonds. The summed E-state index contributed by atoms with van der Waals surface area (Å²) in [5.74, 6) is 0.611. The number of nitrogens with one attached hydrogen (secondary N) is 1. The fraction of sp³-hybridized carbons (Fsp3) is 0.273. The van der Waals surface area contributed by atoms with E-state index in [1.54, 1.807) is 48.0 Å². The summed E-state index contributed by atoms with van der Waals surface area (Å²) in [5.41, 5.74) is 3.74. The normalized spacial score (nSPS) is 15.8. The van der Waals surface area contributed by atoms with Gasteiger partial charge in [-0.3, -0.25) is 4.79 Å². The molecule has 31 heavy (non-hydrogen) atoms. The number of hydrogen-bond acceptors (Lipinski definition) is 6. The predicted octanol–water partition coefficient (Wildman–Crippen LogP) is 4.33. The molecular formula is C22H21F2N3O3S. The van der Waals surface area contributed by atoms with Gasteiger partial charge in [0.1, 0.15) is 18.1 Å². The molecule has 6 nitrogen and oxygen atoms in total. The Kier molecular flexibility index (Phi) is 6.61. The summed E-state index contributed by atoms with van der Waals surface area (Å²) < 4.78 is 35.6. The van der Waals surface area contributed by atoms with Gasteiger partial charge in [-0.25, -0.2) is 4.98 Å². The monoisotopic (exact) mass is 445 g/mol. The van der Waals surface area contributed by atoms with E-state index in [1.807, 2.05) is 10.3 Å². The fourth-order valence-electron chi connectivity index (χ4n) is 3.45. The molecule has 1 fully saturated rings. The van der Waals surface area contributed by atoms with Crippen LogP contribution in [0.15, 0.2) is 59.4 Å². The molecule has 2 aromatic carbocycles. The zero-order valence-electron chi connectivity index (χ0n) is 16.5. The van der Waals surface area contributed by atoms with Gasteiger partial charge >= 0.3 is 6.61 Å². The van der Waals surface area contributed by atoms with Crippen LogP contribution in [0.5, 0.6) is 11.5 Å². The topological polar surface area (TPSA) is 63.7 Å². The van der Waals surface area contributed by atoms with Crippen LogP contribution in [-0.2, 0) is 6.61 Å². The number of amides is 1. The number of nitrogens with zero attached hydrogens (tertiary/aromatic N) is 2. The van der Waals surface area contributed by atoms with Crippen LogP contribution in [-0.4, -0.2) is 36.6 Å². The van der Waals surface area contributed by atoms with E-state index in [4.69, 9.17) is 4.74 Å². The molecule has 9 heteroatoms. The van der Waals surface area contributed by atoms with Crippen molar-refractivity contribution in [3.63, 3.8) is 0 Å². The number of anilines is 1. The van der Waals surface area contributed by atoms with Crippen LogP contribution >= 0.6 is 11.3 Å². The zero-order chi connectivity index (χ0) is 21.6. The number of thiazole rings is 1. The molecule has 1 N–H and O–H groups in total. The van der Waals surface area contributed by atoms with Crippen molar-refractivity contribution in [1.82, 2.24) is 10.3 Å². The van der Waals surface area contributed by atoms with Crippen molar-refractivity contribution in [2.45, 2.75) is 25.7 Å². The summed E-state index contributed by atoms with van der Waals surface area (Å²) in [7, 11) is 0. The molecule has 3 aromatic rings. The minimum absolute atomic E-state index is 0.0901. The van der Waals surface area contributed by atoms with E-state index >= 15 is 0 Å². The smallest absolute Gasteiger partial charge is 0.387 e. The van der Waals surface area contributed by atoms with Crippen LogP contribution in [0.1, 0.15) is 22.5 Å². The molecule has 0 spiro atoms.